The van der Waals surface area contributed by atoms with Crippen molar-refractivity contribution in [2.24, 2.45) is 0 Å². The Bertz CT molecular complexity index is 953. The summed E-state index contributed by atoms with van der Waals surface area (Å²) in [6.07, 6.45) is 0.526. The van der Waals surface area contributed by atoms with E-state index in [1.165, 1.54) is 0 Å². The second kappa shape index (κ2) is 6.80. The van der Waals surface area contributed by atoms with Gasteiger partial charge in [-0.1, -0.05) is 28.9 Å². The fourth-order valence-corrected chi connectivity index (χ4v) is 3.03. The van der Waals surface area contributed by atoms with Crippen LogP contribution in [0.4, 0.5) is 5.69 Å². The van der Waals surface area contributed by atoms with Crippen LogP contribution >= 0.6 is 11.6 Å². The predicted molar refractivity (Wildman–Crippen MR) is 97.5 cm³/mol. The first kappa shape index (κ1) is 16.6. The van der Waals surface area contributed by atoms with Crippen LogP contribution in [0, 0.1) is 0 Å². The molecule has 0 spiro atoms. The fourth-order valence-electron chi connectivity index (χ4n) is 2.91. The Hall–Kier alpha value is -2.86. The van der Waals surface area contributed by atoms with Gasteiger partial charge in [0.25, 0.3) is 5.91 Å². The molecule has 0 unspecified atom stereocenters. The molecule has 1 aliphatic rings. The average molecular weight is 370 g/mol. The summed E-state index contributed by atoms with van der Waals surface area (Å²) in [4.78, 5) is 18.2. The lowest BCUT2D eigenvalue weighted by atomic mass is 10.1. The molecule has 2 heterocycles. The van der Waals surface area contributed by atoms with Crippen molar-refractivity contribution in [3.63, 3.8) is 0 Å². The molecule has 3 aromatic rings. The highest BCUT2D eigenvalue weighted by Crippen LogP contribution is 2.35. The minimum absolute atomic E-state index is 0.0614. The zero-order valence-corrected chi connectivity index (χ0v) is 14.9. The Labute approximate surface area is 155 Å². The second-order valence-electron chi connectivity index (χ2n) is 5.92. The van der Waals surface area contributed by atoms with Crippen LogP contribution in [-0.2, 0) is 11.2 Å². The third kappa shape index (κ3) is 3.15. The maximum absolute atomic E-state index is 12.0. The summed E-state index contributed by atoms with van der Waals surface area (Å²) in [5.41, 5.74) is 2.53. The monoisotopic (exact) mass is 369 g/mol. The second-order valence-corrected chi connectivity index (χ2v) is 6.36. The zero-order chi connectivity index (χ0) is 18.1. The zero-order valence-electron chi connectivity index (χ0n) is 14.1. The first-order chi connectivity index (χ1) is 12.6. The van der Waals surface area contributed by atoms with Gasteiger partial charge in [0.15, 0.2) is 6.61 Å². The van der Waals surface area contributed by atoms with Crippen molar-refractivity contribution in [3.8, 4) is 17.1 Å². The molecular formula is C19H16ClN3O3. The maximum Gasteiger partial charge on any atom is 0.265 e. The Balaban J connectivity index is 1.60. The fraction of sp³-hybridized carbons (Fsp3) is 0.211. The molecule has 0 N–H and O–H groups in total. The molecular weight excluding hydrogens is 354 g/mol. The molecule has 1 aliphatic heterocycles. The maximum atomic E-state index is 12.0. The van der Waals surface area contributed by atoms with E-state index in [9.17, 15) is 4.79 Å². The van der Waals surface area contributed by atoms with E-state index in [2.05, 4.69) is 10.1 Å². The molecule has 1 aromatic heterocycles. The number of amides is 1. The number of nitrogens with zero attached hydrogens (tertiary/aromatic N) is 3. The van der Waals surface area contributed by atoms with Gasteiger partial charge < -0.3 is 14.2 Å². The summed E-state index contributed by atoms with van der Waals surface area (Å²) in [7, 11) is 0. The minimum atomic E-state index is -0.0614. The van der Waals surface area contributed by atoms with Gasteiger partial charge in [-0.2, -0.15) is 4.98 Å². The van der Waals surface area contributed by atoms with E-state index in [0.29, 0.717) is 35.5 Å². The summed E-state index contributed by atoms with van der Waals surface area (Å²) in [5, 5.41) is 4.75. The standard InChI is InChI=1S/C19H16ClN3O3/c1-2-23-15-10-13(5-8-16(15)25-11-18(23)24)19-21-17(26-22-19)9-12-3-6-14(20)7-4-12/h3-8,10H,2,9,11H2,1H3. The number of carbonyl (C=O) groups is 1. The van der Waals surface area contributed by atoms with Crippen molar-refractivity contribution in [2.75, 3.05) is 18.1 Å². The van der Waals surface area contributed by atoms with E-state index in [0.717, 1.165) is 16.8 Å². The highest BCUT2D eigenvalue weighted by molar-refractivity contribution is 6.30. The lowest BCUT2D eigenvalue weighted by molar-refractivity contribution is -0.121. The lowest BCUT2D eigenvalue weighted by Crippen LogP contribution is -2.38. The molecule has 0 atom stereocenters. The highest BCUT2D eigenvalue weighted by atomic mass is 35.5. The number of carbonyl (C=O) groups excluding carboxylic acids is 1. The minimum Gasteiger partial charge on any atom is -0.482 e. The summed E-state index contributed by atoms with van der Waals surface area (Å²) >= 11 is 5.90. The predicted octanol–water partition coefficient (Wildman–Crippen LogP) is 3.73. The number of likely N-dealkylation sites (N-methyl/N-ethyl adjacent to an activating group) is 1. The van der Waals surface area contributed by atoms with E-state index in [1.54, 1.807) is 4.90 Å². The van der Waals surface area contributed by atoms with Crippen LogP contribution in [0.5, 0.6) is 5.75 Å². The van der Waals surface area contributed by atoms with Crippen LogP contribution < -0.4 is 9.64 Å². The molecule has 0 aliphatic carbocycles. The van der Waals surface area contributed by atoms with Crippen LogP contribution in [0.15, 0.2) is 47.0 Å². The van der Waals surface area contributed by atoms with Gasteiger partial charge in [-0.25, -0.2) is 0 Å². The largest absolute Gasteiger partial charge is 0.482 e. The van der Waals surface area contributed by atoms with Gasteiger partial charge in [0.2, 0.25) is 11.7 Å². The molecule has 0 saturated heterocycles. The number of hydrogen-bond donors (Lipinski definition) is 0. The first-order valence-electron chi connectivity index (χ1n) is 8.28. The Morgan fingerprint density at radius 2 is 2.00 bits per heavy atom. The van der Waals surface area contributed by atoms with Gasteiger partial charge >= 0.3 is 0 Å². The number of rotatable bonds is 4. The van der Waals surface area contributed by atoms with Crippen molar-refractivity contribution in [3.05, 3.63) is 58.9 Å². The molecule has 4 rings (SSSR count). The molecule has 6 nitrogen and oxygen atoms in total. The Morgan fingerprint density at radius 1 is 1.19 bits per heavy atom. The van der Waals surface area contributed by atoms with Crippen LogP contribution in [0.1, 0.15) is 18.4 Å². The third-order valence-corrected chi connectivity index (χ3v) is 4.47. The molecule has 132 valence electrons. The van der Waals surface area contributed by atoms with Crippen LogP contribution in [0.3, 0.4) is 0 Å². The number of halogens is 1. The topological polar surface area (TPSA) is 68.5 Å². The van der Waals surface area contributed by atoms with E-state index < -0.39 is 0 Å². The Kier molecular flexibility index (Phi) is 4.34. The van der Waals surface area contributed by atoms with Gasteiger partial charge in [0.1, 0.15) is 5.75 Å². The van der Waals surface area contributed by atoms with E-state index in [1.807, 2.05) is 49.4 Å². The third-order valence-electron chi connectivity index (χ3n) is 4.21. The van der Waals surface area contributed by atoms with Crippen molar-refractivity contribution >= 4 is 23.2 Å². The van der Waals surface area contributed by atoms with Gasteiger partial charge in [0.05, 0.1) is 12.1 Å². The van der Waals surface area contributed by atoms with Crippen LogP contribution in [0.2, 0.25) is 5.02 Å². The normalized spacial score (nSPS) is 13.5. The molecule has 26 heavy (non-hydrogen) atoms. The van der Waals surface area contributed by atoms with E-state index in [4.69, 9.17) is 20.9 Å². The van der Waals surface area contributed by atoms with Crippen molar-refractivity contribution in [1.29, 1.82) is 0 Å². The Morgan fingerprint density at radius 3 is 2.77 bits per heavy atom. The number of anilines is 1. The van der Waals surface area contributed by atoms with Crippen LogP contribution in [-0.4, -0.2) is 29.2 Å². The first-order valence-corrected chi connectivity index (χ1v) is 8.66. The number of ether oxygens (including phenoxy) is 1. The SMILES string of the molecule is CCN1C(=O)COc2ccc(-c3noc(Cc4ccc(Cl)cc4)n3)cc21. The average Bonchev–Trinajstić information content (AvgIpc) is 3.11. The molecule has 1 amide bonds. The number of benzene rings is 2. The lowest BCUT2D eigenvalue weighted by Gasteiger charge is -2.28. The summed E-state index contributed by atoms with van der Waals surface area (Å²) in [6.45, 7) is 2.57. The van der Waals surface area contributed by atoms with Crippen molar-refractivity contribution in [2.45, 2.75) is 13.3 Å². The molecule has 2 aromatic carbocycles. The molecule has 0 saturated carbocycles. The quantitative estimate of drug-likeness (QED) is 0.701. The van der Waals surface area contributed by atoms with Gasteiger partial charge in [-0.15, -0.1) is 0 Å². The molecule has 7 heteroatoms. The summed E-state index contributed by atoms with van der Waals surface area (Å²) in [6, 6.07) is 13.0. The van der Waals surface area contributed by atoms with E-state index >= 15 is 0 Å². The number of fused-ring (bicyclic) bond motifs is 1. The van der Waals surface area contributed by atoms with Crippen LogP contribution in [0.25, 0.3) is 11.4 Å². The van der Waals surface area contributed by atoms with Crippen molar-refractivity contribution in [1.82, 2.24) is 10.1 Å². The number of aromatic nitrogens is 2. The highest BCUT2D eigenvalue weighted by Gasteiger charge is 2.25. The number of hydrogen-bond acceptors (Lipinski definition) is 5. The molecule has 0 bridgehead atoms. The summed E-state index contributed by atoms with van der Waals surface area (Å²) in [5.74, 6) is 1.61. The van der Waals surface area contributed by atoms with Gasteiger partial charge in [-0.05, 0) is 42.8 Å². The van der Waals surface area contributed by atoms with E-state index in [-0.39, 0.29) is 12.5 Å². The molecule has 0 fully saturated rings. The molecule has 0 radical (unpaired) electrons. The smallest absolute Gasteiger partial charge is 0.265 e. The van der Waals surface area contributed by atoms with Crippen molar-refractivity contribution < 1.29 is 14.1 Å². The van der Waals surface area contributed by atoms with Gasteiger partial charge in [0, 0.05) is 17.1 Å². The summed E-state index contributed by atoms with van der Waals surface area (Å²) < 4.78 is 10.9. The van der Waals surface area contributed by atoms with Gasteiger partial charge in [-0.3, -0.25) is 4.79 Å².